The molecule has 0 atom stereocenters. The molecule has 0 aliphatic rings. The summed E-state index contributed by atoms with van der Waals surface area (Å²) in [5.74, 6) is -4.75. The van der Waals surface area contributed by atoms with Crippen LogP contribution in [0, 0.1) is 13.8 Å². The molecule has 1 aromatic carbocycles. The van der Waals surface area contributed by atoms with E-state index in [1.54, 1.807) is 7.05 Å². The molecule has 0 amide bonds. The third kappa shape index (κ3) is 3.35. The van der Waals surface area contributed by atoms with Crippen molar-refractivity contribution in [2.24, 2.45) is 7.05 Å². The van der Waals surface area contributed by atoms with Crippen LogP contribution in [0.5, 0.6) is 0 Å². The maximum absolute atomic E-state index is 13.8. The zero-order valence-corrected chi connectivity index (χ0v) is 16.3. The number of alkyl halides is 5. The van der Waals surface area contributed by atoms with Crippen molar-refractivity contribution in [2.75, 3.05) is 0 Å². The van der Waals surface area contributed by atoms with E-state index in [1.165, 1.54) is 35.7 Å². The van der Waals surface area contributed by atoms with Gasteiger partial charge in [0.1, 0.15) is 11.7 Å². The highest BCUT2D eigenvalue weighted by Crippen LogP contribution is 2.44. The Morgan fingerprint density at radius 1 is 1.03 bits per heavy atom. The van der Waals surface area contributed by atoms with Crippen molar-refractivity contribution < 1.29 is 22.0 Å². The van der Waals surface area contributed by atoms with E-state index in [4.69, 9.17) is 0 Å². The standard InChI is InChI=1S/C18H14F5N7O/c1-8-4-10(17(19,20)18(21,22)23)5-9(2)12(8)30-6-11-13(28-30)25-15(26-16(11)31)14-24-7-29(3)27-14/h4-7H,1-3H3,(H,25,26,28,31). The summed E-state index contributed by atoms with van der Waals surface area (Å²) in [6, 6.07) is 1.51. The van der Waals surface area contributed by atoms with Gasteiger partial charge in [0.2, 0.25) is 5.82 Å². The molecule has 0 aliphatic carbocycles. The highest BCUT2D eigenvalue weighted by molar-refractivity contribution is 5.75. The summed E-state index contributed by atoms with van der Waals surface area (Å²) in [6.45, 7) is 2.76. The Hall–Kier alpha value is -3.64. The number of aromatic nitrogens is 7. The minimum absolute atomic E-state index is 0.0368. The van der Waals surface area contributed by atoms with Crippen molar-refractivity contribution in [1.82, 2.24) is 34.5 Å². The molecule has 0 aliphatic heterocycles. The van der Waals surface area contributed by atoms with E-state index in [0.717, 1.165) is 12.1 Å². The van der Waals surface area contributed by atoms with Crippen LogP contribution in [0.15, 0.2) is 29.5 Å². The molecule has 0 saturated heterocycles. The Morgan fingerprint density at radius 2 is 1.68 bits per heavy atom. The van der Waals surface area contributed by atoms with E-state index in [9.17, 15) is 26.7 Å². The molecule has 0 saturated carbocycles. The lowest BCUT2D eigenvalue weighted by atomic mass is 10.00. The number of nitrogens with one attached hydrogen (secondary N) is 1. The van der Waals surface area contributed by atoms with Crippen molar-refractivity contribution in [1.29, 1.82) is 0 Å². The Balaban J connectivity index is 1.84. The number of fused-ring (bicyclic) bond motifs is 1. The first-order chi connectivity index (χ1) is 14.4. The van der Waals surface area contributed by atoms with Crippen molar-refractivity contribution in [3.05, 3.63) is 51.7 Å². The number of hydrogen-bond acceptors (Lipinski definition) is 5. The van der Waals surface area contributed by atoms with E-state index in [1.807, 2.05) is 0 Å². The summed E-state index contributed by atoms with van der Waals surface area (Å²) in [7, 11) is 1.64. The van der Waals surface area contributed by atoms with Gasteiger partial charge < -0.3 is 4.98 Å². The molecular formula is C18H14F5N7O. The van der Waals surface area contributed by atoms with Gasteiger partial charge in [-0.2, -0.15) is 22.0 Å². The van der Waals surface area contributed by atoms with Gasteiger partial charge in [0, 0.05) is 18.8 Å². The largest absolute Gasteiger partial charge is 0.458 e. The second-order valence-electron chi connectivity index (χ2n) is 7.00. The number of H-pyrrole nitrogens is 1. The van der Waals surface area contributed by atoms with Gasteiger partial charge >= 0.3 is 12.1 Å². The first kappa shape index (κ1) is 20.6. The average molecular weight is 439 g/mol. The SMILES string of the molecule is Cc1cc(C(F)(F)C(F)(F)F)cc(C)c1-n1cc2c(=O)[nH]c(-c3ncn(C)n3)nc2n1. The summed E-state index contributed by atoms with van der Waals surface area (Å²) < 4.78 is 68.4. The van der Waals surface area contributed by atoms with Crippen LogP contribution in [0.25, 0.3) is 28.4 Å². The third-order valence-electron chi connectivity index (χ3n) is 4.64. The van der Waals surface area contributed by atoms with Crippen LogP contribution in [0.1, 0.15) is 16.7 Å². The number of aromatic amines is 1. The number of hydrogen-bond donors (Lipinski definition) is 1. The van der Waals surface area contributed by atoms with Gasteiger partial charge in [-0.1, -0.05) is 0 Å². The summed E-state index contributed by atoms with van der Waals surface area (Å²) in [6.07, 6.45) is -2.97. The van der Waals surface area contributed by atoms with Gasteiger partial charge in [0.15, 0.2) is 11.5 Å². The predicted molar refractivity (Wildman–Crippen MR) is 98.9 cm³/mol. The van der Waals surface area contributed by atoms with Crippen LogP contribution in [0.3, 0.4) is 0 Å². The Labute approximate surface area is 170 Å². The van der Waals surface area contributed by atoms with Crippen LogP contribution in [-0.4, -0.2) is 40.7 Å². The third-order valence-corrected chi connectivity index (χ3v) is 4.64. The van der Waals surface area contributed by atoms with Crippen molar-refractivity contribution in [2.45, 2.75) is 25.9 Å². The average Bonchev–Trinajstić information content (AvgIpc) is 3.26. The van der Waals surface area contributed by atoms with E-state index in [2.05, 4.69) is 25.1 Å². The molecule has 0 fully saturated rings. The lowest BCUT2D eigenvalue weighted by Crippen LogP contribution is -2.33. The second kappa shape index (κ2) is 6.68. The molecule has 0 radical (unpaired) electrons. The molecule has 4 rings (SSSR count). The molecular weight excluding hydrogens is 425 g/mol. The lowest BCUT2D eigenvalue weighted by Gasteiger charge is -2.22. The van der Waals surface area contributed by atoms with Crippen molar-refractivity contribution in [3.63, 3.8) is 0 Å². The summed E-state index contributed by atoms with van der Waals surface area (Å²) >= 11 is 0. The van der Waals surface area contributed by atoms with E-state index < -0.39 is 23.2 Å². The van der Waals surface area contributed by atoms with Gasteiger partial charge in [0.25, 0.3) is 5.56 Å². The normalized spacial score (nSPS) is 12.6. The number of benzene rings is 1. The summed E-state index contributed by atoms with van der Waals surface area (Å²) in [5.41, 5.74) is -1.17. The van der Waals surface area contributed by atoms with Gasteiger partial charge in [-0.3, -0.25) is 9.48 Å². The molecule has 1 N–H and O–H groups in total. The van der Waals surface area contributed by atoms with Crippen LogP contribution in [0.2, 0.25) is 0 Å². The minimum atomic E-state index is -5.72. The molecule has 162 valence electrons. The first-order valence-electron chi connectivity index (χ1n) is 8.81. The molecule has 3 aromatic heterocycles. The fraction of sp³-hybridized carbons (Fsp3) is 0.278. The molecule has 8 nitrogen and oxygen atoms in total. The second-order valence-corrected chi connectivity index (χ2v) is 7.00. The lowest BCUT2D eigenvalue weighted by molar-refractivity contribution is -0.289. The fourth-order valence-corrected chi connectivity index (χ4v) is 3.25. The number of aryl methyl sites for hydroxylation is 3. The molecule has 31 heavy (non-hydrogen) atoms. The number of halogens is 5. The predicted octanol–water partition coefficient (Wildman–Crippen LogP) is 3.18. The summed E-state index contributed by atoms with van der Waals surface area (Å²) in [4.78, 5) is 23.2. The fourth-order valence-electron chi connectivity index (χ4n) is 3.25. The first-order valence-corrected chi connectivity index (χ1v) is 8.81. The molecule has 4 aromatic rings. The van der Waals surface area contributed by atoms with Crippen LogP contribution in [0.4, 0.5) is 22.0 Å². The van der Waals surface area contributed by atoms with E-state index in [-0.39, 0.29) is 39.5 Å². The molecule has 3 heterocycles. The van der Waals surface area contributed by atoms with Crippen LogP contribution >= 0.6 is 0 Å². The van der Waals surface area contributed by atoms with Crippen molar-refractivity contribution >= 4 is 11.0 Å². The van der Waals surface area contributed by atoms with Gasteiger partial charge in [0.05, 0.1) is 5.69 Å². The van der Waals surface area contributed by atoms with Crippen LogP contribution < -0.4 is 5.56 Å². The van der Waals surface area contributed by atoms with Crippen molar-refractivity contribution in [3.8, 4) is 17.3 Å². The molecule has 13 heteroatoms. The summed E-state index contributed by atoms with van der Waals surface area (Å²) in [5, 5.41) is 8.36. The Kier molecular flexibility index (Phi) is 4.45. The Bertz CT molecular complexity index is 1340. The smallest absolute Gasteiger partial charge is 0.303 e. The topological polar surface area (TPSA) is 94.3 Å². The maximum Gasteiger partial charge on any atom is 0.458 e. The minimum Gasteiger partial charge on any atom is -0.303 e. The monoisotopic (exact) mass is 439 g/mol. The zero-order chi connectivity index (χ0) is 22.7. The number of nitrogens with zero attached hydrogens (tertiary/aromatic N) is 6. The van der Waals surface area contributed by atoms with Gasteiger partial charge in [-0.05, 0) is 37.1 Å². The molecule has 0 bridgehead atoms. The van der Waals surface area contributed by atoms with E-state index in [0.29, 0.717) is 0 Å². The maximum atomic E-state index is 13.8. The Morgan fingerprint density at radius 3 is 2.23 bits per heavy atom. The molecule has 0 unspecified atom stereocenters. The number of rotatable bonds is 3. The van der Waals surface area contributed by atoms with Crippen LogP contribution in [-0.2, 0) is 13.0 Å². The quantitative estimate of drug-likeness (QED) is 0.495. The van der Waals surface area contributed by atoms with Gasteiger partial charge in [-0.15, -0.1) is 10.2 Å². The van der Waals surface area contributed by atoms with E-state index >= 15 is 0 Å². The zero-order valence-electron chi connectivity index (χ0n) is 16.3. The highest BCUT2D eigenvalue weighted by atomic mass is 19.4. The highest BCUT2D eigenvalue weighted by Gasteiger charge is 2.58. The van der Waals surface area contributed by atoms with Gasteiger partial charge in [-0.25, -0.2) is 14.6 Å². The molecule has 0 spiro atoms.